The number of aliphatic hydroxyl groups excluding tert-OH is 1. The van der Waals surface area contributed by atoms with Crippen molar-refractivity contribution < 1.29 is 42.4 Å². The fraction of sp³-hybridized carbons (Fsp3) is 0.227. The summed E-state index contributed by atoms with van der Waals surface area (Å²) in [4.78, 5) is 30.7. The first-order valence-electron chi connectivity index (χ1n) is 10.3. The first-order chi connectivity index (χ1) is 16.9. The number of carboxylic acids is 1. The van der Waals surface area contributed by atoms with Gasteiger partial charge in [0.25, 0.3) is 5.91 Å². The first-order valence-corrected chi connectivity index (χ1v) is 10.6. The molecule has 0 spiro atoms. The Balaban J connectivity index is 1.78. The molecule has 0 bridgehead atoms. The van der Waals surface area contributed by atoms with Crippen molar-refractivity contribution in [2.45, 2.75) is 19.3 Å². The van der Waals surface area contributed by atoms with Crippen molar-refractivity contribution in [3.05, 3.63) is 64.8 Å². The minimum absolute atomic E-state index is 0.00413. The maximum Gasteiger partial charge on any atom is 0.573 e. The molecule has 36 heavy (non-hydrogen) atoms. The molecule has 4 rings (SSSR count). The van der Waals surface area contributed by atoms with Gasteiger partial charge in [-0.3, -0.25) is 19.1 Å². The van der Waals surface area contributed by atoms with Crippen LogP contribution < -0.4 is 14.4 Å². The van der Waals surface area contributed by atoms with Gasteiger partial charge >= 0.3 is 18.3 Å². The minimum atomic E-state index is -4.91. The van der Waals surface area contributed by atoms with Gasteiger partial charge in [-0.2, -0.15) is 4.98 Å². The number of alkyl halides is 3. The van der Waals surface area contributed by atoms with Gasteiger partial charge in [-0.15, -0.1) is 13.2 Å². The zero-order valence-corrected chi connectivity index (χ0v) is 19.2. The van der Waals surface area contributed by atoms with E-state index in [9.17, 15) is 33.0 Å². The highest BCUT2D eigenvalue weighted by molar-refractivity contribution is 6.30. The lowest BCUT2D eigenvalue weighted by Crippen LogP contribution is -2.55. The molecule has 2 aromatic carbocycles. The number of nitrogens with zero attached hydrogens (tertiary/aromatic N) is 4. The number of aromatic nitrogens is 2. The fourth-order valence-corrected chi connectivity index (χ4v) is 3.70. The Bertz CT molecular complexity index is 1300. The Kier molecular flexibility index (Phi) is 6.69. The number of imidazole rings is 1. The Morgan fingerprint density at radius 2 is 1.83 bits per heavy atom. The average molecular weight is 527 g/mol. The molecule has 190 valence electrons. The summed E-state index contributed by atoms with van der Waals surface area (Å²) < 4.78 is 48.9. The van der Waals surface area contributed by atoms with Crippen molar-refractivity contribution in [3.63, 3.8) is 0 Å². The van der Waals surface area contributed by atoms with Gasteiger partial charge in [0.05, 0.1) is 6.54 Å². The van der Waals surface area contributed by atoms with Crippen LogP contribution >= 0.6 is 11.6 Å². The number of halogens is 4. The highest BCUT2D eigenvalue weighted by Crippen LogP contribution is 2.36. The SMILES string of the molecule is CN1c2nc(Oc3cccc(OC(F)(F)F)c3)n(Cc3ccc(Cl)cc3)c2C(=O)N(CC(=O)O)C1O. The molecular weight excluding hydrogens is 509 g/mol. The highest BCUT2D eigenvalue weighted by Gasteiger charge is 2.41. The van der Waals surface area contributed by atoms with Crippen molar-refractivity contribution in [1.29, 1.82) is 0 Å². The third kappa shape index (κ3) is 5.31. The second-order valence-electron chi connectivity index (χ2n) is 7.69. The normalized spacial score (nSPS) is 15.6. The summed E-state index contributed by atoms with van der Waals surface area (Å²) in [5.41, 5.74) is 0.571. The van der Waals surface area contributed by atoms with Crippen LogP contribution in [0.2, 0.25) is 5.02 Å². The molecule has 0 aliphatic carbocycles. The summed E-state index contributed by atoms with van der Waals surface area (Å²) in [6, 6.07) is 11.1. The van der Waals surface area contributed by atoms with Gasteiger partial charge in [0.15, 0.2) is 11.5 Å². The van der Waals surface area contributed by atoms with E-state index in [1.54, 1.807) is 24.3 Å². The summed E-state index contributed by atoms with van der Waals surface area (Å²) in [6.45, 7) is -0.785. The second-order valence-corrected chi connectivity index (χ2v) is 8.12. The molecule has 0 saturated carbocycles. The number of carbonyl (C=O) groups excluding carboxylic acids is 1. The number of benzene rings is 2. The van der Waals surface area contributed by atoms with E-state index in [0.29, 0.717) is 10.6 Å². The number of aliphatic carboxylic acids is 1. The van der Waals surface area contributed by atoms with Gasteiger partial charge < -0.3 is 24.6 Å². The van der Waals surface area contributed by atoms with E-state index in [0.717, 1.165) is 17.0 Å². The van der Waals surface area contributed by atoms with Gasteiger partial charge in [0.1, 0.15) is 18.0 Å². The van der Waals surface area contributed by atoms with Crippen molar-refractivity contribution in [1.82, 2.24) is 14.5 Å². The zero-order valence-electron chi connectivity index (χ0n) is 18.4. The van der Waals surface area contributed by atoms with E-state index in [1.165, 1.54) is 28.6 Å². The lowest BCUT2D eigenvalue weighted by atomic mass is 10.2. The molecule has 1 unspecified atom stereocenters. The predicted octanol–water partition coefficient (Wildman–Crippen LogP) is 3.53. The highest BCUT2D eigenvalue weighted by atomic mass is 35.5. The average Bonchev–Trinajstić information content (AvgIpc) is 3.13. The number of rotatable bonds is 7. The maximum atomic E-state index is 13.2. The summed E-state index contributed by atoms with van der Waals surface area (Å²) in [5, 5.41) is 20.2. The summed E-state index contributed by atoms with van der Waals surface area (Å²) in [6.07, 6.45) is -6.54. The van der Waals surface area contributed by atoms with Crippen LogP contribution in [0.5, 0.6) is 17.5 Å². The topological polar surface area (TPSA) is 117 Å². The van der Waals surface area contributed by atoms with Crippen LogP contribution in [0.15, 0.2) is 48.5 Å². The molecule has 0 fully saturated rings. The molecule has 3 aromatic rings. The zero-order chi connectivity index (χ0) is 26.2. The standard InChI is InChI=1S/C22H18ClF3N4O6/c1-28-18-17(19(33)30(21(28)34)11-16(31)32)29(10-12-5-7-13(23)8-6-12)20(27-18)35-14-3-2-4-15(9-14)36-22(24,25)26/h2-9,21,34H,10-11H2,1H3,(H,31,32). The molecule has 1 amide bonds. The Hall–Kier alpha value is -3.97. The number of anilines is 1. The van der Waals surface area contributed by atoms with Gasteiger partial charge in [0, 0.05) is 18.1 Å². The fourth-order valence-electron chi connectivity index (χ4n) is 3.57. The molecular formula is C22H18ClF3N4O6. The monoisotopic (exact) mass is 526 g/mol. The molecule has 2 heterocycles. The van der Waals surface area contributed by atoms with Gasteiger partial charge in [-0.1, -0.05) is 29.8 Å². The summed E-state index contributed by atoms with van der Waals surface area (Å²) in [7, 11) is 1.39. The van der Waals surface area contributed by atoms with Crippen LogP contribution in [0, 0.1) is 0 Å². The number of fused-ring (bicyclic) bond motifs is 1. The van der Waals surface area contributed by atoms with Crippen molar-refractivity contribution in [2.24, 2.45) is 0 Å². The molecule has 10 nitrogen and oxygen atoms in total. The Morgan fingerprint density at radius 1 is 1.17 bits per heavy atom. The van der Waals surface area contributed by atoms with Crippen LogP contribution in [0.1, 0.15) is 16.1 Å². The third-order valence-corrected chi connectivity index (χ3v) is 5.40. The summed E-state index contributed by atoms with van der Waals surface area (Å²) >= 11 is 5.95. The van der Waals surface area contributed by atoms with Crippen LogP contribution in [0.3, 0.4) is 0 Å². The van der Waals surface area contributed by atoms with E-state index in [1.807, 2.05) is 0 Å². The molecule has 1 aliphatic rings. The van der Waals surface area contributed by atoms with Crippen LogP contribution in [-0.2, 0) is 11.3 Å². The van der Waals surface area contributed by atoms with Crippen LogP contribution in [0.4, 0.5) is 19.0 Å². The van der Waals surface area contributed by atoms with E-state index in [-0.39, 0.29) is 29.8 Å². The molecule has 1 atom stereocenters. The lowest BCUT2D eigenvalue weighted by molar-refractivity contribution is -0.274. The number of amides is 1. The summed E-state index contributed by atoms with van der Waals surface area (Å²) in [5.74, 6) is -2.79. The van der Waals surface area contributed by atoms with Crippen LogP contribution in [-0.4, -0.2) is 62.8 Å². The second kappa shape index (κ2) is 9.59. The predicted molar refractivity (Wildman–Crippen MR) is 119 cm³/mol. The smallest absolute Gasteiger partial charge is 0.480 e. The Labute approximate surface area is 206 Å². The third-order valence-electron chi connectivity index (χ3n) is 5.14. The van der Waals surface area contributed by atoms with E-state index in [2.05, 4.69) is 9.72 Å². The quantitative estimate of drug-likeness (QED) is 0.480. The largest absolute Gasteiger partial charge is 0.573 e. The van der Waals surface area contributed by atoms with Gasteiger partial charge in [0.2, 0.25) is 6.35 Å². The van der Waals surface area contributed by atoms with Crippen LogP contribution in [0.25, 0.3) is 0 Å². The van der Waals surface area contributed by atoms with Crippen molar-refractivity contribution in [3.8, 4) is 17.5 Å². The molecule has 0 saturated heterocycles. The van der Waals surface area contributed by atoms with Gasteiger partial charge in [-0.25, -0.2) is 0 Å². The Morgan fingerprint density at radius 3 is 2.47 bits per heavy atom. The number of carbonyl (C=O) groups is 2. The first kappa shape index (κ1) is 25.1. The number of hydrogen-bond acceptors (Lipinski definition) is 7. The van der Waals surface area contributed by atoms with E-state index >= 15 is 0 Å². The van der Waals surface area contributed by atoms with Crippen molar-refractivity contribution in [2.75, 3.05) is 18.5 Å². The van der Waals surface area contributed by atoms with Gasteiger partial charge in [-0.05, 0) is 29.8 Å². The number of aliphatic hydroxyl groups is 1. The lowest BCUT2D eigenvalue weighted by Gasteiger charge is -2.37. The molecule has 1 aliphatic heterocycles. The molecule has 0 radical (unpaired) electrons. The molecule has 14 heteroatoms. The number of ether oxygens (including phenoxy) is 2. The number of carboxylic acid groups (broad SMARTS) is 1. The minimum Gasteiger partial charge on any atom is -0.480 e. The van der Waals surface area contributed by atoms with E-state index in [4.69, 9.17) is 16.3 Å². The van der Waals surface area contributed by atoms with E-state index < -0.39 is 36.9 Å². The molecule has 1 aromatic heterocycles. The van der Waals surface area contributed by atoms with Crippen molar-refractivity contribution >= 4 is 29.3 Å². The number of hydrogen-bond donors (Lipinski definition) is 2. The maximum absolute atomic E-state index is 13.2. The molecule has 2 N–H and O–H groups in total.